The minimum Gasteiger partial charge on any atom is -0.309 e. The molecule has 0 fully saturated rings. The van der Waals surface area contributed by atoms with Crippen LogP contribution in [0.3, 0.4) is 0 Å². The molecule has 0 bridgehead atoms. The number of pyridine rings is 1. The molecule has 1 aliphatic rings. The Kier molecular flexibility index (Phi) is 4.55. The third-order valence-corrected chi connectivity index (χ3v) is 4.31. The summed E-state index contributed by atoms with van der Waals surface area (Å²) in [7, 11) is 0. The number of aromatic nitrogens is 1. The van der Waals surface area contributed by atoms with Crippen molar-refractivity contribution in [3.8, 4) is 0 Å². The summed E-state index contributed by atoms with van der Waals surface area (Å²) in [5, 5.41) is 10.9. The van der Waals surface area contributed by atoms with Crippen LogP contribution in [0, 0.1) is 10.1 Å². The highest BCUT2D eigenvalue weighted by molar-refractivity contribution is 5.96. The van der Waals surface area contributed by atoms with Crippen LogP contribution in [0.1, 0.15) is 31.0 Å². The number of nitro benzene ring substituents is 1. The Labute approximate surface area is 140 Å². The first kappa shape index (κ1) is 16.1. The molecule has 0 spiro atoms. The molecular formula is C18H19N3O3. The molecule has 24 heavy (non-hydrogen) atoms. The van der Waals surface area contributed by atoms with Crippen molar-refractivity contribution in [2.45, 2.75) is 38.6 Å². The Morgan fingerprint density at radius 3 is 2.92 bits per heavy atom. The molecule has 124 valence electrons. The lowest BCUT2D eigenvalue weighted by Crippen LogP contribution is -2.35. The molecule has 1 aromatic heterocycles. The van der Waals surface area contributed by atoms with E-state index in [2.05, 4.69) is 4.98 Å². The standard InChI is InChI=1S/C18H19N3O3/c1-13-11-14-12-16(21(23)24)8-9-17(14)20(13)18(22)7-4-6-15-5-2-3-10-19-15/h2-3,5,8-10,12-13H,4,6-7,11H2,1H3/t13-/m1/s1. The summed E-state index contributed by atoms with van der Waals surface area (Å²) in [4.78, 5) is 29.1. The number of benzene rings is 1. The van der Waals surface area contributed by atoms with Crippen LogP contribution in [-0.4, -0.2) is 21.9 Å². The van der Waals surface area contributed by atoms with Crippen LogP contribution < -0.4 is 4.90 Å². The van der Waals surface area contributed by atoms with E-state index in [1.54, 1.807) is 23.2 Å². The number of rotatable bonds is 5. The molecule has 1 atom stereocenters. The largest absolute Gasteiger partial charge is 0.309 e. The van der Waals surface area contributed by atoms with E-state index in [1.807, 2.05) is 25.1 Å². The number of hydrogen-bond acceptors (Lipinski definition) is 4. The minimum absolute atomic E-state index is 0.0318. The number of aryl methyl sites for hydroxylation is 1. The van der Waals surface area contributed by atoms with Crippen molar-refractivity contribution in [3.63, 3.8) is 0 Å². The SMILES string of the molecule is C[C@@H]1Cc2cc([N+](=O)[O-])ccc2N1C(=O)CCCc1ccccn1. The first-order chi connectivity index (χ1) is 11.6. The van der Waals surface area contributed by atoms with Crippen LogP contribution in [0.4, 0.5) is 11.4 Å². The van der Waals surface area contributed by atoms with Crippen molar-refractivity contribution in [3.05, 3.63) is 64.0 Å². The maximum atomic E-state index is 12.6. The number of non-ortho nitro benzene ring substituents is 1. The maximum absolute atomic E-state index is 12.6. The topological polar surface area (TPSA) is 76.3 Å². The molecule has 0 unspecified atom stereocenters. The highest BCUT2D eigenvalue weighted by Gasteiger charge is 2.31. The average molecular weight is 325 g/mol. The number of fused-ring (bicyclic) bond motifs is 1. The smallest absolute Gasteiger partial charge is 0.269 e. The van der Waals surface area contributed by atoms with Gasteiger partial charge in [0.05, 0.1) is 4.92 Å². The van der Waals surface area contributed by atoms with Gasteiger partial charge in [0.2, 0.25) is 5.91 Å². The number of anilines is 1. The molecule has 1 aromatic carbocycles. The van der Waals surface area contributed by atoms with E-state index in [0.29, 0.717) is 12.8 Å². The second kappa shape index (κ2) is 6.78. The van der Waals surface area contributed by atoms with E-state index in [4.69, 9.17) is 0 Å². The summed E-state index contributed by atoms with van der Waals surface area (Å²) >= 11 is 0. The molecule has 3 rings (SSSR count). The lowest BCUT2D eigenvalue weighted by atomic mass is 10.1. The molecule has 1 amide bonds. The summed E-state index contributed by atoms with van der Waals surface area (Å²) in [6, 6.07) is 10.5. The number of carbonyl (C=O) groups is 1. The lowest BCUT2D eigenvalue weighted by molar-refractivity contribution is -0.384. The second-order valence-corrected chi connectivity index (χ2v) is 6.06. The molecule has 1 aliphatic heterocycles. The van der Waals surface area contributed by atoms with Gasteiger partial charge in [-0.25, -0.2) is 0 Å². The van der Waals surface area contributed by atoms with Gasteiger partial charge in [-0.15, -0.1) is 0 Å². The van der Waals surface area contributed by atoms with Crippen molar-refractivity contribution in [1.29, 1.82) is 0 Å². The van der Waals surface area contributed by atoms with Crippen molar-refractivity contribution < 1.29 is 9.72 Å². The number of amides is 1. The fourth-order valence-corrected chi connectivity index (χ4v) is 3.20. The van der Waals surface area contributed by atoms with Gasteiger partial charge >= 0.3 is 0 Å². The molecule has 0 saturated heterocycles. The van der Waals surface area contributed by atoms with Crippen molar-refractivity contribution in [2.24, 2.45) is 0 Å². The summed E-state index contributed by atoms with van der Waals surface area (Å²) in [5.74, 6) is 0.0611. The first-order valence-electron chi connectivity index (χ1n) is 8.05. The van der Waals surface area contributed by atoms with Gasteiger partial charge in [0, 0.05) is 42.2 Å². The zero-order valence-electron chi connectivity index (χ0n) is 13.5. The fraction of sp³-hybridized carbons (Fsp3) is 0.333. The van der Waals surface area contributed by atoms with E-state index < -0.39 is 4.92 Å². The zero-order valence-corrected chi connectivity index (χ0v) is 13.5. The van der Waals surface area contributed by atoms with Crippen molar-refractivity contribution in [2.75, 3.05) is 4.90 Å². The van der Waals surface area contributed by atoms with E-state index in [0.717, 1.165) is 29.8 Å². The van der Waals surface area contributed by atoms with Crippen LogP contribution in [0.5, 0.6) is 0 Å². The van der Waals surface area contributed by atoms with Gasteiger partial charge in [-0.05, 0) is 49.9 Å². The van der Waals surface area contributed by atoms with Gasteiger partial charge < -0.3 is 4.90 Å². The van der Waals surface area contributed by atoms with Gasteiger partial charge in [0.25, 0.3) is 5.69 Å². The highest BCUT2D eigenvalue weighted by Crippen LogP contribution is 2.35. The zero-order chi connectivity index (χ0) is 17.1. The first-order valence-corrected chi connectivity index (χ1v) is 8.05. The predicted molar refractivity (Wildman–Crippen MR) is 90.9 cm³/mol. The number of hydrogen-bond donors (Lipinski definition) is 0. The molecule has 0 aliphatic carbocycles. The Bertz CT molecular complexity index is 761. The van der Waals surface area contributed by atoms with Crippen LogP contribution in [0.2, 0.25) is 0 Å². The highest BCUT2D eigenvalue weighted by atomic mass is 16.6. The minimum atomic E-state index is -0.401. The summed E-state index contributed by atoms with van der Waals surface area (Å²) in [6.07, 6.45) is 4.35. The molecule has 6 heteroatoms. The van der Waals surface area contributed by atoms with Crippen molar-refractivity contribution >= 4 is 17.3 Å². The molecular weight excluding hydrogens is 306 g/mol. The predicted octanol–water partition coefficient (Wildman–Crippen LogP) is 3.29. The number of carbonyl (C=O) groups excluding carboxylic acids is 1. The van der Waals surface area contributed by atoms with Gasteiger partial charge in [-0.3, -0.25) is 19.9 Å². The Hall–Kier alpha value is -2.76. The van der Waals surface area contributed by atoms with Gasteiger partial charge in [0.1, 0.15) is 0 Å². The van der Waals surface area contributed by atoms with E-state index in [1.165, 1.54) is 6.07 Å². The molecule has 0 radical (unpaired) electrons. The second-order valence-electron chi connectivity index (χ2n) is 6.06. The van der Waals surface area contributed by atoms with Crippen LogP contribution in [-0.2, 0) is 17.6 Å². The monoisotopic (exact) mass is 325 g/mol. The Morgan fingerprint density at radius 1 is 1.38 bits per heavy atom. The average Bonchev–Trinajstić information content (AvgIpc) is 2.90. The molecule has 0 saturated carbocycles. The summed E-state index contributed by atoms with van der Waals surface area (Å²) in [6.45, 7) is 1.97. The van der Waals surface area contributed by atoms with E-state index >= 15 is 0 Å². The van der Waals surface area contributed by atoms with E-state index in [-0.39, 0.29) is 17.6 Å². The molecule has 2 heterocycles. The van der Waals surface area contributed by atoms with Gasteiger partial charge in [-0.1, -0.05) is 6.07 Å². The quantitative estimate of drug-likeness (QED) is 0.624. The third-order valence-electron chi connectivity index (χ3n) is 4.31. The van der Waals surface area contributed by atoms with Crippen LogP contribution >= 0.6 is 0 Å². The molecule has 2 aromatic rings. The summed E-state index contributed by atoms with van der Waals surface area (Å²) < 4.78 is 0. The maximum Gasteiger partial charge on any atom is 0.269 e. The Balaban J connectivity index is 1.66. The normalized spacial score (nSPS) is 16.0. The lowest BCUT2D eigenvalue weighted by Gasteiger charge is -2.22. The fourth-order valence-electron chi connectivity index (χ4n) is 3.20. The van der Waals surface area contributed by atoms with E-state index in [9.17, 15) is 14.9 Å². The molecule has 0 N–H and O–H groups in total. The van der Waals surface area contributed by atoms with Gasteiger partial charge in [0.15, 0.2) is 0 Å². The van der Waals surface area contributed by atoms with Crippen LogP contribution in [0.15, 0.2) is 42.6 Å². The van der Waals surface area contributed by atoms with Gasteiger partial charge in [-0.2, -0.15) is 0 Å². The summed E-state index contributed by atoms with van der Waals surface area (Å²) in [5.41, 5.74) is 2.73. The number of nitrogens with zero attached hydrogens (tertiary/aromatic N) is 3. The van der Waals surface area contributed by atoms with Crippen LogP contribution in [0.25, 0.3) is 0 Å². The number of nitro groups is 1. The molecule has 6 nitrogen and oxygen atoms in total. The Morgan fingerprint density at radius 2 is 2.21 bits per heavy atom. The third kappa shape index (κ3) is 3.27. The van der Waals surface area contributed by atoms with Crippen molar-refractivity contribution in [1.82, 2.24) is 4.98 Å².